The van der Waals surface area contributed by atoms with Crippen LogP contribution in [0.25, 0.3) is 0 Å². The number of aliphatic hydroxyl groups excluding tert-OH is 1. The number of fused-ring (bicyclic) bond motifs is 1. The predicted molar refractivity (Wildman–Crippen MR) is 39.4 cm³/mol. The smallest absolute Gasteiger partial charge is 0.164 e. The van der Waals surface area contributed by atoms with Crippen molar-refractivity contribution in [3.05, 3.63) is 0 Å². The van der Waals surface area contributed by atoms with Crippen molar-refractivity contribution in [3.8, 4) is 0 Å². The van der Waals surface area contributed by atoms with Gasteiger partial charge in [0.1, 0.15) is 6.10 Å². The van der Waals surface area contributed by atoms with E-state index in [0.717, 1.165) is 6.42 Å². The van der Waals surface area contributed by atoms with Gasteiger partial charge in [-0.25, -0.2) is 0 Å². The van der Waals surface area contributed by atoms with E-state index in [2.05, 4.69) is 0 Å². The molecule has 68 valence electrons. The van der Waals surface area contributed by atoms with E-state index >= 15 is 0 Å². The van der Waals surface area contributed by atoms with E-state index in [1.165, 1.54) is 6.92 Å². The van der Waals surface area contributed by atoms with Gasteiger partial charge in [0.2, 0.25) is 0 Å². The first kappa shape index (κ1) is 8.16. The highest BCUT2D eigenvalue weighted by molar-refractivity contribution is 5.81. The van der Waals surface area contributed by atoms with Crippen molar-refractivity contribution in [1.29, 1.82) is 0 Å². The number of rotatable bonds is 1. The number of ether oxygens (including phenoxy) is 2. The first-order chi connectivity index (χ1) is 5.70. The summed E-state index contributed by atoms with van der Waals surface area (Å²) in [6.45, 7) is 2.05. The minimum absolute atomic E-state index is 0.00102. The Balaban J connectivity index is 2.10. The van der Waals surface area contributed by atoms with Gasteiger partial charge in [0.05, 0.1) is 12.7 Å². The molecule has 0 aromatic heterocycles. The Morgan fingerprint density at radius 2 is 2.33 bits per heavy atom. The lowest BCUT2D eigenvalue weighted by atomic mass is 9.98. The second-order valence-corrected chi connectivity index (χ2v) is 3.35. The molecule has 4 nitrogen and oxygen atoms in total. The molecular weight excluding hydrogens is 160 g/mol. The van der Waals surface area contributed by atoms with Crippen LogP contribution in [0.5, 0.6) is 0 Å². The summed E-state index contributed by atoms with van der Waals surface area (Å²) in [6, 6.07) is 0. The maximum absolute atomic E-state index is 10.9. The first-order valence-corrected chi connectivity index (χ1v) is 4.16. The zero-order valence-corrected chi connectivity index (χ0v) is 6.90. The number of Topliss-reactive ketones (excluding diaryl/α,β-unsaturated/α-hetero) is 1. The summed E-state index contributed by atoms with van der Waals surface area (Å²) in [5, 5.41) is 9.60. The van der Waals surface area contributed by atoms with E-state index in [-0.39, 0.29) is 18.0 Å². The van der Waals surface area contributed by atoms with Crippen LogP contribution in [-0.2, 0) is 14.3 Å². The highest BCUT2D eigenvalue weighted by Crippen LogP contribution is 2.35. The molecule has 4 heteroatoms. The third-order valence-corrected chi connectivity index (χ3v) is 2.51. The van der Waals surface area contributed by atoms with E-state index < -0.39 is 12.2 Å². The van der Waals surface area contributed by atoms with Gasteiger partial charge in [-0.3, -0.25) is 4.79 Å². The Labute approximate surface area is 70.5 Å². The molecular formula is C8H12O4. The van der Waals surface area contributed by atoms with Crippen molar-refractivity contribution < 1.29 is 19.4 Å². The number of carbonyl (C=O) groups is 1. The van der Waals surface area contributed by atoms with Gasteiger partial charge >= 0.3 is 0 Å². The van der Waals surface area contributed by atoms with Crippen molar-refractivity contribution >= 4 is 5.78 Å². The summed E-state index contributed by atoms with van der Waals surface area (Å²) < 4.78 is 10.4. The van der Waals surface area contributed by atoms with Crippen molar-refractivity contribution in [1.82, 2.24) is 0 Å². The summed E-state index contributed by atoms with van der Waals surface area (Å²) in [7, 11) is 0. The summed E-state index contributed by atoms with van der Waals surface area (Å²) in [6.07, 6.45) is -0.903. The Kier molecular flexibility index (Phi) is 1.90. The van der Waals surface area contributed by atoms with Gasteiger partial charge in [0.25, 0.3) is 0 Å². The van der Waals surface area contributed by atoms with Crippen molar-refractivity contribution in [3.63, 3.8) is 0 Å². The van der Waals surface area contributed by atoms with Crippen LogP contribution in [0.4, 0.5) is 0 Å². The minimum atomic E-state index is -0.671. The fraction of sp³-hybridized carbons (Fsp3) is 0.875. The van der Waals surface area contributed by atoms with Gasteiger partial charge in [0.15, 0.2) is 12.1 Å². The van der Waals surface area contributed by atoms with Crippen LogP contribution in [0.2, 0.25) is 0 Å². The van der Waals surface area contributed by atoms with E-state index in [1.807, 2.05) is 0 Å². The molecule has 2 saturated heterocycles. The van der Waals surface area contributed by atoms with Gasteiger partial charge in [-0.15, -0.1) is 0 Å². The zero-order chi connectivity index (χ0) is 8.72. The van der Waals surface area contributed by atoms with E-state index in [4.69, 9.17) is 9.47 Å². The number of aliphatic hydroxyl groups is 1. The van der Waals surface area contributed by atoms with Crippen LogP contribution in [0.15, 0.2) is 0 Å². The SMILES string of the molecule is CC(=O)C1OC2OCCC2C1O. The molecule has 2 rings (SSSR count). The number of ketones is 1. The highest BCUT2D eigenvalue weighted by Gasteiger charge is 2.48. The second-order valence-electron chi connectivity index (χ2n) is 3.35. The number of hydrogen-bond donors (Lipinski definition) is 1. The van der Waals surface area contributed by atoms with Crippen molar-refractivity contribution in [2.45, 2.75) is 31.8 Å². The monoisotopic (exact) mass is 172 g/mol. The summed E-state index contributed by atoms with van der Waals surface area (Å²) >= 11 is 0. The number of carbonyl (C=O) groups excluding carboxylic acids is 1. The molecule has 0 aromatic carbocycles. The van der Waals surface area contributed by atoms with Gasteiger partial charge in [0, 0.05) is 5.92 Å². The molecule has 2 aliphatic rings. The normalized spacial score (nSPS) is 46.2. The van der Waals surface area contributed by atoms with Gasteiger partial charge in [-0.05, 0) is 13.3 Å². The van der Waals surface area contributed by atoms with Crippen molar-refractivity contribution in [2.24, 2.45) is 5.92 Å². The van der Waals surface area contributed by atoms with E-state index in [9.17, 15) is 9.90 Å². The fourth-order valence-electron chi connectivity index (χ4n) is 1.84. The lowest BCUT2D eigenvalue weighted by molar-refractivity contribution is -0.148. The molecule has 0 amide bonds. The third kappa shape index (κ3) is 1.07. The largest absolute Gasteiger partial charge is 0.389 e. The molecule has 4 atom stereocenters. The number of hydrogen-bond acceptors (Lipinski definition) is 4. The van der Waals surface area contributed by atoms with Crippen molar-refractivity contribution in [2.75, 3.05) is 6.61 Å². The molecule has 2 heterocycles. The fourth-order valence-corrected chi connectivity index (χ4v) is 1.84. The molecule has 2 aliphatic heterocycles. The summed E-state index contributed by atoms with van der Waals surface area (Å²) in [5.74, 6) is -0.126. The maximum atomic E-state index is 10.9. The standard InChI is InChI=1S/C8H12O4/c1-4(9)7-6(10)5-2-3-11-8(5)12-7/h5-8,10H,2-3H2,1H3. The minimum Gasteiger partial charge on any atom is -0.389 e. The molecule has 4 unspecified atom stereocenters. The molecule has 0 radical (unpaired) electrons. The Morgan fingerprint density at radius 3 is 2.92 bits per heavy atom. The summed E-state index contributed by atoms with van der Waals surface area (Å²) in [5.41, 5.74) is 0. The molecule has 0 saturated carbocycles. The average molecular weight is 172 g/mol. The molecule has 12 heavy (non-hydrogen) atoms. The molecule has 2 fully saturated rings. The Morgan fingerprint density at radius 1 is 1.58 bits per heavy atom. The molecule has 1 N–H and O–H groups in total. The quantitative estimate of drug-likeness (QED) is 0.590. The molecule has 0 spiro atoms. The van der Waals surface area contributed by atoms with Crippen LogP contribution >= 0.6 is 0 Å². The lowest BCUT2D eigenvalue weighted by Gasteiger charge is -2.12. The van der Waals surface area contributed by atoms with Crippen LogP contribution in [-0.4, -0.2) is 36.0 Å². The van der Waals surface area contributed by atoms with Gasteiger partial charge < -0.3 is 14.6 Å². The maximum Gasteiger partial charge on any atom is 0.164 e. The predicted octanol–water partition coefficient (Wildman–Crippen LogP) is -0.302. The van der Waals surface area contributed by atoms with Crippen LogP contribution in [0.3, 0.4) is 0 Å². The van der Waals surface area contributed by atoms with E-state index in [1.54, 1.807) is 0 Å². The topological polar surface area (TPSA) is 55.8 Å². The molecule has 0 aliphatic carbocycles. The Hall–Kier alpha value is -0.450. The first-order valence-electron chi connectivity index (χ1n) is 4.16. The Bertz CT molecular complexity index is 203. The molecule has 0 bridgehead atoms. The van der Waals surface area contributed by atoms with E-state index in [0.29, 0.717) is 6.61 Å². The summed E-state index contributed by atoms with van der Waals surface area (Å²) in [4.78, 5) is 10.9. The van der Waals surface area contributed by atoms with Gasteiger partial charge in [-0.1, -0.05) is 0 Å². The molecule has 0 aromatic rings. The van der Waals surface area contributed by atoms with Gasteiger partial charge in [-0.2, -0.15) is 0 Å². The highest BCUT2D eigenvalue weighted by atomic mass is 16.7. The van der Waals surface area contributed by atoms with Crippen LogP contribution in [0.1, 0.15) is 13.3 Å². The third-order valence-electron chi connectivity index (χ3n) is 2.51. The zero-order valence-electron chi connectivity index (χ0n) is 6.90. The lowest BCUT2D eigenvalue weighted by Crippen LogP contribution is -2.31. The van der Waals surface area contributed by atoms with Crippen LogP contribution < -0.4 is 0 Å². The average Bonchev–Trinajstić information content (AvgIpc) is 2.53. The second kappa shape index (κ2) is 2.80. The van der Waals surface area contributed by atoms with Crippen LogP contribution in [0, 0.1) is 5.92 Å².